The number of rotatable bonds is 7. The summed E-state index contributed by atoms with van der Waals surface area (Å²) in [6.45, 7) is 5.13. The Morgan fingerprint density at radius 1 is 1.28 bits per heavy atom. The first-order valence-electron chi connectivity index (χ1n) is 6.16. The van der Waals surface area contributed by atoms with E-state index in [9.17, 15) is 13.6 Å². The van der Waals surface area contributed by atoms with Crippen LogP contribution in [-0.4, -0.2) is 5.78 Å². The second-order valence-electron chi connectivity index (χ2n) is 4.36. The van der Waals surface area contributed by atoms with Crippen LogP contribution in [0.3, 0.4) is 0 Å². The Kier molecular flexibility index (Phi) is 5.69. The SMILES string of the molecule is C=CCCCCCC(=O)c1c(F)ccc(C)c1F. The first-order chi connectivity index (χ1) is 8.57. The number of unbranched alkanes of at least 4 members (excludes halogenated alkanes) is 3. The highest BCUT2D eigenvalue weighted by Crippen LogP contribution is 2.19. The van der Waals surface area contributed by atoms with E-state index in [1.165, 1.54) is 13.0 Å². The lowest BCUT2D eigenvalue weighted by Gasteiger charge is -2.06. The second kappa shape index (κ2) is 7.04. The van der Waals surface area contributed by atoms with E-state index in [4.69, 9.17) is 0 Å². The number of allylic oxidation sites excluding steroid dienone is 1. The van der Waals surface area contributed by atoms with Gasteiger partial charge in [0.05, 0.1) is 5.56 Å². The lowest BCUT2D eigenvalue weighted by Crippen LogP contribution is -2.07. The minimum absolute atomic E-state index is 0.189. The van der Waals surface area contributed by atoms with E-state index >= 15 is 0 Å². The van der Waals surface area contributed by atoms with Crippen LogP contribution in [0, 0.1) is 18.6 Å². The lowest BCUT2D eigenvalue weighted by molar-refractivity contribution is 0.0971. The van der Waals surface area contributed by atoms with Gasteiger partial charge >= 0.3 is 0 Å². The Labute approximate surface area is 107 Å². The highest BCUT2D eigenvalue weighted by atomic mass is 19.1. The van der Waals surface area contributed by atoms with Crippen molar-refractivity contribution in [3.05, 3.63) is 47.5 Å². The number of ketones is 1. The molecule has 0 aliphatic rings. The van der Waals surface area contributed by atoms with Gasteiger partial charge in [0.1, 0.15) is 11.6 Å². The Balaban J connectivity index is 2.62. The van der Waals surface area contributed by atoms with Gasteiger partial charge in [0.2, 0.25) is 0 Å². The molecular formula is C15H18F2O. The smallest absolute Gasteiger partial charge is 0.168 e. The van der Waals surface area contributed by atoms with Crippen molar-refractivity contribution in [3.8, 4) is 0 Å². The molecule has 18 heavy (non-hydrogen) atoms. The van der Waals surface area contributed by atoms with Crippen LogP contribution in [0.15, 0.2) is 24.8 Å². The fourth-order valence-corrected chi connectivity index (χ4v) is 1.79. The number of Topliss-reactive ketones (excluding diaryl/α,β-unsaturated/α-hetero) is 1. The number of hydrogen-bond donors (Lipinski definition) is 0. The minimum atomic E-state index is -0.769. The molecule has 0 N–H and O–H groups in total. The van der Waals surface area contributed by atoms with E-state index in [0.717, 1.165) is 25.3 Å². The molecule has 0 fully saturated rings. The van der Waals surface area contributed by atoms with E-state index < -0.39 is 23.0 Å². The van der Waals surface area contributed by atoms with E-state index in [2.05, 4.69) is 6.58 Å². The molecule has 1 aromatic carbocycles. The van der Waals surface area contributed by atoms with Gasteiger partial charge in [-0.05, 0) is 37.8 Å². The van der Waals surface area contributed by atoms with Crippen LogP contribution in [0.1, 0.15) is 48.0 Å². The zero-order chi connectivity index (χ0) is 13.5. The van der Waals surface area contributed by atoms with Gasteiger partial charge in [-0.3, -0.25) is 4.79 Å². The van der Waals surface area contributed by atoms with Crippen molar-refractivity contribution in [1.29, 1.82) is 0 Å². The molecule has 0 aliphatic carbocycles. The highest BCUT2D eigenvalue weighted by molar-refractivity contribution is 5.96. The standard InChI is InChI=1S/C15H18F2O/c1-3-4-5-6-7-8-13(18)14-12(16)10-9-11(2)15(14)17/h3,9-10H,1,4-8H2,2H3. The summed E-state index contributed by atoms with van der Waals surface area (Å²) in [6.07, 6.45) is 5.39. The van der Waals surface area contributed by atoms with Crippen LogP contribution in [0.2, 0.25) is 0 Å². The van der Waals surface area contributed by atoms with Crippen molar-refractivity contribution in [1.82, 2.24) is 0 Å². The van der Waals surface area contributed by atoms with E-state index in [0.29, 0.717) is 12.0 Å². The van der Waals surface area contributed by atoms with Gasteiger partial charge in [-0.15, -0.1) is 6.58 Å². The number of aryl methyl sites for hydroxylation is 1. The number of carbonyl (C=O) groups is 1. The molecule has 0 spiro atoms. The van der Waals surface area contributed by atoms with Crippen molar-refractivity contribution in [2.45, 2.75) is 39.0 Å². The molecule has 0 bridgehead atoms. The summed E-state index contributed by atoms with van der Waals surface area (Å²) in [7, 11) is 0. The van der Waals surface area contributed by atoms with Crippen LogP contribution in [-0.2, 0) is 0 Å². The van der Waals surface area contributed by atoms with Crippen LogP contribution in [0.5, 0.6) is 0 Å². The topological polar surface area (TPSA) is 17.1 Å². The third-order valence-electron chi connectivity index (χ3n) is 2.88. The molecule has 0 unspecified atom stereocenters. The van der Waals surface area contributed by atoms with Crippen molar-refractivity contribution >= 4 is 5.78 Å². The zero-order valence-electron chi connectivity index (χ0n) is 10.6. The van der Waals surface area contributed by atoms with Crippen LogP contribution in [0.4, 0.5) is 8.78 Å². The fourth-order valence-electron chi connectivity index (χ4n) is 1.79. The van der Waals surface area contributed by atoms with Crippen molar-refractivity contribution in [3.63, 3.8) is 0 Å². The number of carbonyl (C=O) groups excluding carboxylic acids is 1. The Bertz CT molecular complexity index is 438. The molecule has 0 heterocycles. The summed E-state index contributed by atoms with van der Waals surface area (Å²) in [5, 5.41) is 0. The predicted octanol–water partition coefficient (Wildman–Crippen LogP) is 4.59. The third-order valence-corrected chi connectivity index (χ3v) is 2.88. The first-order valence-corrected chi connectivity index (χ1v) is 6.16. The molecule has 1 nitrogen and oxygen atoms in total. The molecule has 1 rings (SSSR count). The van der Waals surface area contributed by atoms with Gasteiger partial charge in [0.25, 0.3) is 0 Å². The molecule has 0 atom stereocenters. The van der Waals surface area contributed by atoms with Crippen LogP contribution in [0.25, 0.3) is 0 Å². The number of halogens is 2. The second-order valence-corrected chi connectivity index (χ2v) is 4.36. The van der Waals surface area contributed by atoms with E-state index in [-0.39, 0.29) is 6.42 Å². The third kappa shape index (κ3) is 3.76. The Hall–Kier alpha value is -1.51. The molecule has 0 aliphatic heterocycles. The zero-order valence-corrected chi connectivity index (χ0v) is 10.6. The summed E-state index contributed by atoms with van der Waals surface area (Å²) in [4.78, 5) is 11.8. The molecule has 3 heteroatoms. The summed E-state index contributed by atoms with van der Waals surface area (Å²) in [5.41, 5.74) is -0.0925. The van der Waals surface area contributed by atoms with Gasteiger partial charge in [0, 0.05) is 6.42 Å². The van der Waals surface area contributed by atoms with E-state index in [1.54, 1.807) is 0 Å². The Morgan fingerprint density at radius 3 is 2.67 bits per heavy atom. The monoisotopic (exact) mass is 252 g/mol. The number of hydrogen-bond acceptors (Lipinski definition) is 1. The molecule has 98 valence electrons. The average molecular weight is 252 g/mol. The summed E-state index contributed by atoms with van der Waals surface area (Å²) in [5.74, 6) is -1.95. The predicted molar refractivity (Wildman–Crippen MR) is 68.7 cm³/mol. The average Bonchev–Trinajstić information content (AvgIpc) is 2.34. The fraction of sp³-hybridized carbons (Fsp3) is 0.400. The maximum absolute atomic E-state index is 13.7. The quantitative estimate of drug-likeness (QED) is 0.394. The maximum atomic E-state index is 13.7. The summed E-state index contributed by atoms with van der Waals surface area (Å²) < 4.78 is 27.1. The van der Waals surface area contributed by atoms with Gasteiger partial charge in [-0.1, -0.05) is 18.6 Å². The van der Waals surface area contributed by atoms with Gasteiger partial charge in [-0.2, -0.15) is 0 Å². The van der Waals surface area contributed by atoms with Crippen molar-refractivity contribution < 1.29 is 13.6 Å². The molecule has 0 saturated heterocycles. The largest absolute Gasteiger partial charge is 0.294 e. The lowest BCUT2D eigenvalue weighted by atomic mass is 10.0. The van der Waals surface area contributed by atoms with Gasteiger partial charge in [0.15, 0.2) is 5.78 Å². The molecule has 1 aromatic rings. The van der Waals surface area contributed by atoms with E-state index in [1.807, 2.05) is 6.08 Å². The maximum Gasteiger partial charge on any atom is 0.168 e. The van der Waals surface area contributed by atoms with Crippen molar-refractivity contribution in [2.75, 3.05) is 0 Å². The van der Waals surface area contributed by atoms with Crippen LogP contribution < -0.4 is 0 Å². The first kappa shape index (κ1) is 14.6. The molecule has 0 saturated carbocycles. The molecule has 0 amide bonds. The van der Waals surface area contributed by atoms with Gasteiger partial charge in [-0.25, -0.2) is 8.78 Å². The molecular weight excluding hydrogens is 234 g/mol. The normalized spacial score (nSPS) is 10.4. The summed E-state index contributed by atoms with van der Waals surface area (Å²) in [6, 6.07) is 2.48. The molecule has 0 radical (unpaired) electrons. The van der Waals surface area contributed by atoms with Crippen molar-refractivity contribution in [2.24, 2.45) is 0 Å². The summed E-state index contributed by atoms with van der Waals surface area (Å²) >= 11 is 0. The van der Waals surface area contributed by atoms with Crippen LogP contribution >= 0.6 is 0 Å². The number of benzene rings is 1. The molecule has 0 aromatic heterocycles. The minimum Gasteiger partial charge on any atom is -0.294 e. The highest BCUT2D eigenvalue weighted by Gasteiger charge is 2.18. The Morgan fingerprint density at radius 2 is 2.00 bits per heavy atom. The van der Waals surface area contributed by atoms with Gasteiger partial charge < -0.3 is 0 Å².